The molecule has 15 heavy (non-hydrogen) atoms. The Balaban J connectivity index is 2.47. The Hall–Kier alpha value is -0.570. The Labute approximate surface area is 93.0 Å². The highest BCUT2D eigenvalue weighted by Gasteiger charge is 2.32. The molecule has 2 atom stereocenters. The van der Waals surface area contributed by atoms with Crippen molar-refractivity contribution in [2.24, 2.45) is 11.8 Å². The van der Waals surface area contributed by atoms with Crippen LogP contribution in [0.5, 0.6) is 0 Å². The van der Waals surface area contributed by atoms with E-state index in [0.29, 0.717) is 5.92 Å². The summed E-state index contributed by atoms with van der Waals surface area (Å²) < 4.78 is 0. The van der Waals surface area contributed by atoms with Gasteiger partial charge in [-0.3, -0.25) is 4.79 Å². The average Bonchev–Trinajstić information content (AvgIpc) is 2.50. The smallest absolute Gasteiger partial charge is 0.225 e. The summed E-state index contributed by atoms with van der Waals surface area (Å²) in [6.07, 6.45) is 2.14. The van der Waals surface area contributed by atoms with Crippen LogP contribution in [0.25, 0.3) is 0 Å². The lowest BCUT2D eigenvalue weighted by molar-refractivity contribution is -0.127. The van der Waals surface area contributed by atoms with E-state index in [1.807, 2.05) is 0 Å². The Bertz CT molecular complexity index is 226. The van der Waals surface area contributed by atoms with Gasteiger partial charge in [0.25, 0.3) is 0 Å². The molecule has 0 saturated carbocycles. The van der Waals surface area contributed by atoms with Crippen molar-refractivity contribution in [1.82, 2.24) is 10.6 Å². The highest BCUT2D eigenvalue weighted by molar-refractivity contribution is 5.80. The predicted molar refractivity (Wildman–Crippen MR) is 62.7 cm³/mol. The normalized spacial score (nSPS) is 26.7. The third kappa shape index (κ3) is 3.49. The monoisotopic (exact) mass is 212 g/mol. The van der Waals surface area contributed by atoms with Crippen molar-refractivity contribution in [3.05, 3.63) is 0 Å². The summed E-state index contributed by atoms with van der Waals surface area (Å²) in [5.41, 5.74) is -0.0614. The molecule has 0 aromatic carbocycles. The van der Waals surface area contributed by atoms with E-state index >= 15 is 0 Å². The van der Waals surface area contributed by atoms with Crippen molar-refractivity contribution in [3.8, 4) is 0 Å². The van der Waals surface area contributed by atoms with Gasteiger partial charge >= 0.3 is 0 Å². The third-order valence-electron chi connectivity index (χ3n) is 3.19. The van der Waals surface area contributed by atoms with E-state index in [9.17, 15) is 4.79 Å². The van der Waals surface area contributed by atoms with Crippen LogP contribution >= 0.6 is 0 Å². The van der Waals surface area contributed by atoms with Crippen LogP contribution in [-0.4, -0.2) is 24.5 Å². The van der Waals surface area contributed by atoms with Gasteiger partial charge in [-0.2, -0.15) is 0 Å². The van der Waals surface area contributed by atoms with E-state index < -0.39 is 0 Å². The molecule has 1 aliphatic heterocycles. The van der Waals surface area contributed by atoms with E-state index in [2.05, 4.69) is 38.3 Å². The summed E-state index contributed by atoms with van der Waals surface area (Å²) in [6, 6.07) is 0. The van der Waals surface area contributed by atoms with Crippen molar-refractivity contribution in [3.63, 3.8) is 0 Å². The maximum absolute atomic E-state index is 12.0. The molecule has 0 aromatic rings. The minimum absolute atomic E-state index is 0.0614. The first kappa shape index (κ1) is 12.5. The molecular formula is C12H24N2O. The number of rotatable bonds is 4. The molecule has 1 fully saturated rings. The molecule has 1 saturated heterocycles. The molecular weight excluding hydrogens is 188 g/mol. The van der Waals surface area contributed by atoms with Crippen molar-refractivity contribution in [1.29, 1.82) is 0 Å². The van der Waals surface area contributed by atoms with Crippen molar-refractivity contribution in [2.75, 3.05) is 13.1 Å². The largest absolute Gasteiger partial charge is 0.351 e. The molecule has 0 radical (unpaired) electrons. The van der Waals surface area contributed by atoms with Crippen LogP contribution in [0.1, 0.15) is 40.5 Å². The average molecular weight is 212 g/mol. The van der Waals surface area contributed by atoms with Crippen LogP contribution in [0.3, 0.4) is 0 Å². The molecule has 1 aliphatic rings. The second-order valence-corrected chi connectivity index (χ2v) is 5.37. The Morgan fingerprint density at radius 1 is 1.47 bits per heavy atom. The molecule has 0 aromatic heterocycles. The molecule has 0 bridgehead atoms. The first-order valence-electron chi connectivity index (χ1n) is 5.99. The third-order valence-corrected chi connectivity index (χ3v) is 3.19. The number of hydrogen-bond acceptors (Lipinski definition) is 2. The number of hydrogen-bond donors (Lipinski definition) is 2. The van der Waals surface area contributed by atoms with Crippen LogP contribution in [0.2, 0.25) is 0 Å². The van der Waals surface area contributed by atoms with Gasteiger partial charge in [-0.25, -0.2) is 0 Å². The lowest BCUT2D eigenvalue weighted by Gasteiger charge is -2.28. The zero-order valence-electron chi connectivity index (χ0n) is 10.4. The van der Waals surface area contributed by atoms with Gasteiger partial charge in [-0.15, -0.1) is 0 Å². The second-order valence-electron chi connectivity index (χ2n) is 5.37. The van der Waals surface area contributed by atoms with Crippen molar-refractivity contribution in [2.45, 2.75) is 46.1 Å². The zero-order chi connectivity index (χ0) is 11.5. The topological polar surface area (TPSA) is 41.1 Å². The van der Waals surface area contributed by atoms with Crippen LogP contribution < -0.4 is 10.6 Å². The summed E-state index contributed by atoms with van der Waals surface area (Å²) in [6.45, 7) is 10.3. The zero-order valence-corrected chi connectivity index (χ0v) is 10.4. The van der Waals surface area contributed by atoms with E-state index in [1.54, 1.807) is 0 Å². The lowest BCUT2D eigenvalue weighted by Crippen LogP contribution is -2.47. The van der Waals surface area contributed by atoms with E-state index in [0.717, 1.165) is 25.9 Å². The summed E-state index contributed by atoms with van der Waals surface area (Å²) >= 11 is 0. The second kappa shape index (κ2) is 4.97. The van der Waals surface area contributed by atoms with Crippen LogP contribution in [0, 0.1) is 11.8 Å². The summed E-state index contributed by atoms with van der Waals surface area (Å²) in [4.78, 5) is 12.0. The standard InChI is InChI=1S/C12H24N2O/c1-5-6-12(3,4)14-11(15)10-8-13-7-9(10)2/h9-10,13H,5-8H2,1-4H3,(H,14,15)/t9-,10-/m1/s1. The summed E-state index contributed by atoms with van der Waals surface area (Å²) in [7, 11) is 0. The number of nitrogens with one attached hydrogen (secondary N) is 2. The molecule has 0 aliphatic carbocycles. The minimum Gasteiger partial charge on any atom is -0.351 e. The molecule has 88 valence electrons. The fraction of sp³-hybridized carbons (Fsp3) is 0.917. The molecule has 3 nitrogen and oxygen atoms in total. The van der Waals surface area contributed by atoms with Gasteiger partial charge in [0.05, 0.1) is 5.92 Å². The fourth-order valence-electron chi connectivity index (χ4n) is 2.27. The molecule has 0 spiro atoms. The Morgan fingerprint density at radius 2 is 2.13 bits per heavy atom. The first-order valence-corrected chi connectivity index (χ1v) is 5.99. The highest BCUT2D eigenvalue weighted by Crippen LogP contribution is 2.18. The van der Waals surface area contributed by atoms with E-state index in [1.165, 1.54) is 0 Å². The molecule has 0 unspecified atom stereocenters. The molecule has 1 rings (SSSR count). The molecule has 3 heteroatoms. The summed E-state index contributed by atoms with van der Waals surface area (Å²) in [5.74, 6) is 0.828. The van der Waals surface area contributed by atoms with Gasteiger partial charge in [0.1, 0.15) is 0 Å². The van der Waals surface area contributed by atoms with Crippen LogP contribution in [0.15, 0.2) is 0 Å². The van der Waals surface area contributed by atoms with Crippen LogP contribution in [-0.2, 0) is 4.79 Å². The van der Waals surface area contributed by atoms with Gasteiger partial charge < -0.3 is 10.6 Å². The van der Waals surface area contributed by atoms with Crippen molar-refractivity contribution >= 4 is 5.91 Å². The van der Waals surface area contributed by atoms with Gasteiger partial charge in [0.2, 0.25) is 5.91 Å². The number of carbonyl (C=O) groups is 1. The van der Waals surface area contributed by atoms with E-state index in [-0.39, 0.29) is 17.4 Å². The maximum Gasteiger partial charge on any atom is 0.225 e. The highest BCUT2D eigenvalue weighted by atomic mass is 16.2. The number of amides is 1. The maximum atomic E-state index is 12.0. The van der Waals surface area contributed by atoms with Gasteiger partial charge in [0, 0.05) is 12.1 Å². The quantitative estimate of drug-likeness (QED) is 0.742. The molecule has 1 amide bonds. The first-order chi connectivity index (χ1) is 6.96. The van der Waals surface area contributed by atoms with Gasteiger partial charge in [0.15, 0.2) is 0 Å². The minimum atomic E-state index is -0.0614. The van der Waals surface area contributed by atoms with E-state index in [4.69, 9.17) is 0 Å². The molecule has 1 heterocycles. The molecule has 2 N–H and O–H groups in total. The fourth-order valence-corrected chi connectivity index (χ4v) is 2.27. The lowest BCUT2D eigenvalue weighted by atomic mass is 9.93. The summed E-state index contributed by atoms with van der Waals surface area (Å²) in [5, 5.41) is 6.41. The Morgan fingerprint density at radius 3 is 2.60 bits per heavy atom. The predicted octanol–water partition coefficient (Wildman–Crippen LogP) is 1.54. The SMILES string of the molecule is CCCC(C)(C)NC(=O)[C@@H]1CNC[C@H]1C. The van der Waals surface area contributed by atoms with Crippen molar-refractivity contribution < 1.29 is 4.79 Å². The van der Waals surface area contributed by atoms with Gasteiger partial charge in [-0.05, 0) is 32.7 Å². The number of carbonyl (C=O) groups excluding carboxylic acids is 1. The van der Waals surface area contributed by atoms with Crippen LogP contribution in [0.4, 0.5) is 0 Å². The Kier molecular flexibility index (Phi) is 4.14. The van der Waals surface area contributed by atoms with Gasteiger partial charge in [-0.1, -0.05) is 20.3 Å².